The zero-order valence-corrected chi connectivity index (χ0v) is 12.7. The van der Waals surface area contributed by atoms with Gasteiger partial charge in [0.05, 0.1) is 19.0 Å². The van der Waals surface area contributed by atoms with Crippen molar-refractivity contribution in [3.05, 3.63) is 53.9 Å². The van der Waals surface area contributed by atoms with E-state index in [1.165, 1.54) is 13.3 Å². The van der Waals surface area contributed by atoms with Crippen molar-refractivity contribution in [3.8, 4) is 5.75 Å². The van der Waals surface area contributed by atoms with E-state index in [0.29, 0.717) is 11.4 Å². The molecule has 0 atom stereocenters. The predicted octanol–water partition coefficient (Wildman–Crippen LogP) is 1.49. The molecular formula is C16H16N4O3. The van der Waals surface area contributed by atoms with Gasteiger partial charge in [-0.3, -0.25) is 14.6 Å². The average molecular weight is 312 g/mol. The molecule has 2 rings (SSSR count). The van der Waals surface area contributed by atoms with Crippen LogP contribution in [-0.4, -0.2) is 30.1 Å². The Morgan fingerprint density at radius 1 is 1.17 bits per heavy atom. The molecule has 1 aromatic heterocycles. The van der Waals surface area contributed by atoms with Crippen LogP contribution in [0.3, 0.4) is 0 Å². The van der Waals surface area contributed by atoms with Gasteiger partial charge in [-0.05, 0) is 42.3 Å². The molecule has 0 radical (unpaired) electrons. The van der Waals surface area contributed by atoms with Crippen LogP contribution in [0, 0.1) is 6.92 Å². The van der Waals surface area contributed by atoms with Crippen molar-refractivity contribution in [1.82, 2.24) is 10.4 Å². The highest BCUT2D eigenvalue weighted by Crippen LogP contribution is 2.24. The Balaban J connectivity index is 1.97. The smallest absolute Gasteiger partial charge is 0.329 e. The number of rotatable bonds is 4. The van der Waals surface area contributed by atoms with Crippen molar-refractivity contribution >= 4 is 23.7 Å². The number of nitrogens with one attached hydrogen (secondary N) is 2. The Labute approximate surface area is 133 Å². The number of benzene rings is 1. The lowest BCUT2D eigenvalue weighted by Gasteiger charge is -2.10. The number of methoxy groups -OCH3 is 1. The van der Waals surface area contributed by atoms with E-state index in [4.69, 9.17) is 4.74 Å². The van der Waals surface area contributed by atoms with Gasteiger partial charge in [-0.2, -0.15) is 5.10 Å². The predicted molar refractivity (Wildman–Crippen MR) is 86.3 cm³/mol. The number of aromatic nitrogens is 1. The number of hydrazone groups is 1. The molecule has 1 heterocycles. The van der Waals surface area contributed by atoms with E-state index in [1.54, 1.807) is 36.7 Å². The van der Waals surface area contributed by atoms with Gasteiger partial charge in [0, 0.05) is 12.4 Å². The first-order valence-electron chi connectivity index (χ1n) is 6.79. The van der Waals surface area contributed by atoms with Gasteiger partial charge in [0.25, 0.3) is 0 Å². The first-order chi connectivity index (χ1) is 11.1. The average Bonchev–Trinajstić information content (AvgIpc) is 2.56. The third-order valence-electron chi connectivity index (χ3n) is 2.90. The van der Waals surface area contributed by atoms with Crippen LogP contribution in [0.2, 0.25) is 0 Å². The van der Waals surface area contributed by atoms with Crippen LogP contribution in [0.5, 0.6) is 5.75 Å². The van der Waals surface area contributed by atoms with Crippen LogP contribution in [0.1, 0.15) is 11.1 Å². The second kappa shape index (κ2) is 7.69. The fraction of sp³-hybridized carbons (Fsp3) is 0.125. The fourth-order valence-corrected chi connectivity index (χ4v) is 1.76. The third-order valence-corrected chi connectivity index (χ3v) is 2.90. The summed E-state index contributed by atoms with van der Waals surface area (Å²) in [6.07, 6.45) is 4.61. The first-order valence-corrected chi connectivity index (χ1v) is 6.79. The maximum atomic E-state index is 11.9. The lowest BCUT2D eigenvalue weighted by Crippen LogP contribution is -2.32. The number of pyridine rings is 1. The minimum absolute atomic E-state index is 0.422. The molecule has 0 saturated carbocycles. The fourth-order valence-electron chi connectivity index (χ4n) is 1.76. The highest BCUT2D eigenvalue weighted by molar-refractivity contribution is 6.39. The number of amides is 2. The second-order valence-corrected chi connectivity index (χ2v) is 4.64. The summed E-state index contributed by atoms with van der Waals surface area (Å²) in [7, 11) is 1.49. The van der Waals surface area contributed by atoms with E-state index in [0.717, 1.165) is 11.1 Å². The van der Waals surface area contributed by atoms with Crippen molar-refractivity contribution < 1.29 is 14.3 Å². The maximum Gasteiger partial charge on any atom is 0.329 e. The highest BCUT2D eigenvalue weighted by Gasteiger charge is 2.15. The number of aryl methyl sites for hydroxylation is 1. The summed E-state index contributed by atoms with van der Waals surface area (Å²) in [6.45, 7) is 1.87. The second-order valence-electron chi connectivity index (χ2n) is 4.64. The number of ether oxygens (including phenoxy) is 1. The number of carbonyl (C=O) groups is 2. The number of nitrogens with zero attached hydrogens (tertiary/aromatic N) is 2. The first kappa shape index (κ1) is 16.2. The molecule has 23 heavy (non-hydrogen) atoms. The lowest BCUT2D eigenvalue weighted by atomic mass is 10.2. The van der Waals surface area contributed by atoms with E-state index >= 15 is 0 Å². The van der Waals surface area contributed by atoms with E-state index in [2.05, 4.69) is 20.8 Å². The third kappa shape index (κ3) is 4.63. The molecule has 2 amide bonds. The van der Waals surface area contributed by atoms with Gasteiger partial charge in [0.15, 0.2) is 0 Å². The van der Waals surface area contributed by atoms with Gasteiger partial charge in [0.2, 0.25) is 0 Å². The Morgan fingerprint density at radius 3 is 2.61 bits per heavy atom. The minimum Gasteiger partial charge on any atom is -0.495 e. The van der Waals surface area contributed by atoms with Crippen LogP contribution in [0.25, 0.3) is 0 Å². The molecule has 0 unspecified atom stereocenters. The molecule has 2 aromatic rings. The molecule has 0 fully saturated rings. The van der Waals surface area contributed by atoms with Gasteiger partial charge in [0.1, 0.15) is 5.75 Å². The van der Waals surface area contributed by atoms with Gasteiger partial charge in [-0.1, -0.05) is 6.07 Å². The number of anilines is 1. The molecule has 1 aromatic carbocycles. The van der Waals surface area contributed by atoms with Crippen molar-refractivity contribution in [2.24, 2.45) is 5.10 Å². The molecule has 0 aliphatic heterocycles. The van der Waals surface area contributed by atoms with Crippen LogP contribution in [0.4, 0.5) is 5.69 Å². The molecule has 0 spiro atoms. The number of hydrogen-bond acceptors (Lipinski definition) is 5. The summed E-state index contributed by atoms with van der Waals surface area (Å²) in [5.41, 5.74) is 4.26. The molecule has 7 heteroatoms. The Bertz CT molecular complexity index is 729. The van der Waals surface area contributed by atoms with Gasteiger partial charge in [-0.25, -0.2) is 5.43 Å². The summed E-state index contributed by atoms with van der Waals surface area (Å²) < 4.78 is 5.14. The van der Waals surface area contributed by atoms with E-state index in [-0.39, 0.29) is 0 Å². The van der Waals surface area contributed by atoms with Gasteiger partial charge < -0.3 is 10.1 Å². The highest BCUT2D eigenvalue weighted by atomic mass is 16.5. The van der Waals surface area contributed by atoms with Gasteiger partial charge in [-0.15, -0.1) is 0 Å². The molecule has 118 valence electrons. The molecule has 2 N–H and O–H groups in total. The van der Waals surface area contributed by atoms with Crippen LogP contribution in [-0.2, 0) is 9.59 Å². The number of carbonyl (C=O) groups excluding carboxylic acids is 2. The molecule has 7 nitrogen and oxygen atoms in total. The van der Waals surface area contributed by atoms with Crippen LogP contribution >= 0.6 is 0 Å². The Hall–Kier alpha value is -3.22. The Morgan fingerprint density at radius 2 is 1.91 bits per heavy atom. The largest absolute Gasteiger partial charge is 0.495 e. The van der Waals surface area contributed by atoms with Crippen LogP contribution in [0.15, 0.2) is 47.8 Å². The van der Waals surface area contributed by atoms with Crippen LogP contribution < -0.4 is 15.5 Å². The maximum absolute atomic E-state index is 11.9. The zero-order chi connectivity index (χ0) is 16.7. The zero-order valence-electron chi connectivity index (χ0n) is 12.7. The summed E-state index contributed by atoms with van der Waals surface area (Å²) in [5.74, 6) is -1.24. The summed E-state index contributed by atoms with van der Waals surface area (Å²) in [4.78, 5) is 27.5. The molecule has 0 aliphatic rings. The minimum atomic E-state index is -0.876. The van der Waals surface area contributed by atoms with E-state index in [1.807, 2.05) is 13.0 Å². The summed E-state index contributed by atoms with van der Waals surface area (Å²) in [6, 6.07) is 8.70. The standard InChI is InChI=1S/C16H16N4O3/c1-11-3-4-14(23-2)13(9-11)19-15(21)16(22)20-18-10-12-5-7-17-8-6-12/h3-10H,1-2H3,(H,19,21)(H,20,22)/b18-10-. The normalized spacial score (nSPS) is 10.3. The molecule has 0 bridgehead atoms. The molecule has 0 aliphatic carbocycles. The monoisotopic (exact) mass is 312 g/mol. The molecular weight excluding hydrogens is 296 g/mol. The van der Waals surface area contributed by atoms with Crippen molar-refractivity contribution in [3.63, 3.8) is 0 Å². The summed E-state index contributed by atoms with van der Waals surface area (Å²) >= 11 is 0. The lowest BCUT2D eigenvalue weighted by molar-refractivity contribution is -0.136. The van der Waals surface area contributed by atoms with Gasteiger partial charge >= 0.3 is 11.8 Å². The molecule has 0 saturated heterocycles. The number of hydrogen-bond donors (Lipinski definition) is 2. The van der Waals surface area contributed by atoms with Crippen molar-refractivity contribution in [1.29, 1.82) is 0 Å². The Kier molecular flexibility index (Phi) is 5.40. The van der Waals surface area contributed by atoms with Crippen molar-refractivity contribution in [2.75, 3.05) is 12.4 Å². The SMILES string of the molecule is COc1ccc(C)cc1NC(=O)C(=O)N/N=C\c1ccncc1. The topological polar surface area (TPSA) is 92.7 Å². The summed E-state index contributed by atoms with van der Waals surface area (Å²) in [5, 5.41) is 6.21. The van der Waals surface area contributed by atoms with Crippen molar-refractivity contribution in [2.45, 2.75) is 6.92 Å². The van der Waals surface area contributed by atoms with E-state index in [9.17, 15) is 9.59 Å². The van der Waals surface area contributed by atoms with E-state index < -0.39 is 11.8 Å². The quantitative estimate of drug-likeness (QED) is 0.508.